The number of aromatic nitrogens is 3. The summed E-state index contributed by atoms with van der Waals surface area (Å²) in [5, 5.41) is 9.52. The Balaban J connectivity index is 2.22. The van der Waals surface area contributed by atoms with E-state index >= 15 is 0 Å². The van der Waals surface area contributed by atoms with Crippen molar-refractivity contribution in [1.82, 2.24) is 14.8 Å². The Bertz CT molecular complexity index is 530. The standard InChI is InChI=1S/C12H14ClN3OS/c1-3-17-8-18-12-15-14-7-16(12)10-5-4-9(2)11(13)6-10/h4-7H,3,8H2,1-2H3. The van der Waals surface area contributed by atoms with Crippen molar-refractivity contribution >= 4 is 23.4 Å². The molecule has 6 heteroatoms. The van der Waals surface area contributed by atoms with E-state index in [-0.39, 0.29) is 0 Å². The summed E-state index contributed by atoms with van der Waals surface area (Å²) in [7, 11) is 0. The van der Waals surface area contributed by atoms with Crippen LogP contribution in [0.3, 0.4) is 0 Å². The number of thioether (sulfide) groups is 1. The fourth-order valence-electron chi connectivity index (χ4n) is 1.41. The molecule has 2 rings (SSSR count). The lowest BCUT2D eigenvalue weighted by molar-refractivity contribution is 0.199. The van der Waals surface area contributed by atoms with Crippen molar-refractivity contribution in [1.29, 1.82) is 0 Å². The maximum Gasteiger partial charge on any atom is 0.197 e. The molecule has 2 aromatic rings. The van der Waals surface area contributed by atoms with Gasteiger partial charge in [-0.2, -0.15) is 0 Å². The van der Waals surface area contributed by atoms with Crippen LogP contribution in [0.15, 0.2) is 29.7 Å². The number of hydrogen-bond donors (Lipinski definition) is 0. The minimum atomic E-state index is 0.564. The van der Waals surface area contributed by atoms with Crippen molar-refractivity contribution in [2.45, 2.75) is 19.0 Å². The molecule has 18 heavy (non-hydrogen) atoms. The highest BCUT2D eigenvalue weighted by molar-refractivity contribution is 7.99. The molecule has 96 valence electrons. The molecule has 0 unspecified atom stereocenters. The van der Waals surface area contributed by atoms with Crippen molar-refractivity contribution in [2.24, 2.45) is 0 Å². The number of ether oxygens (including phenoxy) is 1. The first-order chi connectivity index (χ1) is 8.72. The zero-order chi connectivity index (χ0) is 13.0. The molecule has 0 aliphatic carbocycles. The monoisotopic (exact) mass is 283 g/mol. The molecule has 0 amide bonds. The Morgan fingerprint density at radius 2 is 2.28 bits per heavy atom. The van der Waals surface area contributed by atoms with Gasteiger partial charge in [-0.15, -0.1) is 10.2 Å². The molecule has 4 nitrogen and oxygen atoms in total. The first-order valence-electron chi connectivity index (χ1n) is 5.59. The van der Waals surface area contributed by atoms with Gasteiger partial charge < -0.3 is 4.74 Å². The summed E-state index contributed by atoms with van der Waals surface area (Å²) in [6.45, 7) is 4.63. The maximum absolute atomic E-state index is 6.12. The summed E-state index contributed by atoms with van der Waals surface area (Å²) < 4.78 is 7.19. The van der Waals surface area contributed by atoms with Gasteiger partial charge in [0.2, 0.25) is 0 Å². The van der Waals surface area contributed by atoms with E-state index in [1.807, 2.05) is 36.6 Å². The van der Waals surface area contributed by atoms with E-state index in [4.69, 9.17) is 16.3 Å². The first kappa shape index (κ1) is 13.4. The predicted octanol–water partition coefficient (Wildman–Crippen LogP) is 3.32. The fraction of sp³-hybridized carbons (Fsp3) is 0.333. The van der Waals surface area contributed by atoms with Crippen LogP contribution in [0, 0.1) is 6.92 Å². The lowest BCUT2D eigenvalue weighted by atomic mass is 10.2. The third-order valence-electron chi connectivity index (χ3n) is 2.43. The summed E-state index contributed by atoms with van der Waals surface area (Å²) in [5.74, 6) is 0.564. The van der Waals surface area contributed by atoms with Crippen molar-refractivity contribution in [3.05, 3.63) is 35.1 Å². The van der Waals surface area contributed by atoms with E-state index in [2.05, 4.69) is 10.2 Å². The molecule has 1 aromatic carbocycles. The van der Waals surface area contributed by atoms with E-state index in [0.717, 1.165) is 21.4 Å². The first-order valence-corrected chi connectivity index (χ1v) is 6.96. The molecule has 1 aromatic heterocycles. The summed E-state index contributed by atoms with van der Waals surface area (Å²) in [5.41, 5.74) is 2.01. The molecule has 1 heterocycles. The molecule has 0 spiro atoms. The molecule has 0 fully saturated rings. The maximum atomic E-state index is 6.12. The number of hydrogen-bond acceptors (Lipinski definition) is 4. The van der Waals surface area contributed by atoms with E-state index < -0.39 is 0 Å². The van der Waals surface area contributed by atoms with Crippen LogP contribution in [-0.4, -0.2) is 27.3 Å². The average molecular weight is 284 g/mol. The Labute approximate surface area is 115 Å². The van der Waals surface area contributed by atoms with E-state index in [1.54, 1.807) is 6.33 Å². The smallest absolute Gasteiger partial charge is 0.197 e. The van der Waals surface area contributed by atoms with Crippen LogP contribution >= 0.6 is 23.4 Å². The second kappa shape index (κ2) is 6.22. The van der Waals surface area contributed by atoms with Crippen LogP contribution in [-0.2, 0) is 4.74 Å². The third kappa shape index (κ3) is 3.04. The molecule has 0 aliphatic rings. The predicted molar refractivity (Wildman–Crippen MR) is 73.5 cm³/mol. The second-order valence-corrected chi connectivity index (χ2v) is 4.97. The minimum Gasteiger partial charge on any atom is -0.371 e. The highest BCUT2D eigenvalue weighted by Crippen LogP contribution is 2.23. The number of aryl methyl sites for hydroxylation is 1. The molecule has 0 radical (unpaired) electrons. The van der Waals surface area contributed by atoms with Gasteiger partial charge in [0, 0.05) is 11.6 Å². The largest absolute Gasteiger partial charge is 0.371 e. The number of halogens is 1. The van der Waals surface area contributed by atoms with E-state index in [1.165, 1.54) is 11.8 Å². The number of nitrogens with zero attached hydrogens (tertiary/aromatic N) is 3. The second-order valence-electron chi connectivity index (χ2n) is 3.67. The van der Waals surface area contributed by atoms with E-state index in [0.29, 0.717) is 12.5 Å². The van der Waals surface area contributed by atoms with Crippen LogP contribution in [0.2, 0.25) is 5.02 Å². The summed E-state index contributed by atoms with van der Waals surface area (Å²) >= 11 is 7.63. The van der Waals surface area contributed by atoms with Gasteiger partial charge in [0.15, 0.2) is 5.16 Å². The third-order valence-corrected chi connectivity index (χ3v) is 3.65. The summed E-state index contributed by atoms with van der Waals surface area (Å²) in [4.78, 5) is 0. The molecule has 0 saturated carbocycles. The number of benzene rings is 1. The van der Waals surface area contributed by atoms with E-state index in [9.17, 15) is 0 Å². The van der Waals surface area contributed by atoms with Crippen LogP contribution in [0.1, 0.15) is 12.5 Å². The van der Waals surface area contributed by atoms with Gasteiger partial charge >= 0.3 is 0 Å². The van der Waals surface area contributed by atoms with Crippen molar-refractivity contribution in [3.63, 3.8) is 0 Å². The van der Waals surface area contributed by atoms with Crippen LogP contribution in [0.25, 0.3) is 5.69 Å². The summed E-state index contributed by atoms with van der Waals surface area (Å²) in [6.07, 6.45) is 1.68. The Hall–Kier alpha value is -1.04. The van der Waals surface area contributed by atoms with Gasteiger partial charge in [-0.25, -0.2) is 0 Å². The molecule has 0 atom stereocenters. The van der Waals surface area contributed by atoms with Crippen LogP contribution in [0.4, 0.5) is 0 Å². The highest BCUT2D eigenvalue weighted by Gasteiger charge is 2.08. The molecular formula is C12H14ClN3OS. The lowest BCUT2D eigenvalue weighted by Gasteiger charge is -2.07. The van der Waals surface area contributed by atoms with Gasteiger partial charge in [-0.1, -0.05) is 29.4 Å². The zero-order valence-electron chi connectivity index (χ0n) is 10.3. The van der Waals surface area contributed by atoms with Gasteiger partial charge in [-0.05, 0) is 31.5 Å². The molecule has 0 N–H and O–H groups in total. The molecular weight excluding hydrogens is 270 g/mol. The SMILES string of the molecule is CCOCSc1nncn1-c1ccc(C)c(Cl)c1. The quantitative estimate of drug-likeness (QED) is 0.479. The topological polar surface area (TPSA) is 39.9 Å². The van der Waals surface area contributed by atoms with Gasteiger partial charge in [0.05, 0.1) is 11.6 Å². The fourth-order valence-corrected chi connectivity index (χ4v) is 2.34. The normalized spacial score (nSPS) is 10.8. The Morgan fingerprint density at radius 1 is 1.44 bits per heavy atom. The van der Waals surface area contributed by atoms with Crippen molar-refractivity contribution in [3.8, 4) is 5.69 Å². The molecule has 0 aliphatic heterocycles. The van der Waals surface area contributed by atoms with Gasteiger partial charge in [0.25, 0.3) is 0 Å². The van der Waals surface area contributed by atoms with Crippen molar-refractivity contribution < 1.29 is 4.74 Å². The minimum absolute atomic E-state index is 0.564. The summed E-state index contributed by atoms with van der Waals surface area (Å²) in [6, 6.07) is 5.88. The highest BCUT2D eigenvalue weighted by atomic mass is 35.5. The van der Waals surface area contributed by atoms with Gasteiger partial charge in [0.1, 0.15) is 6.33 Å². The average Bonchev–Trinajstić information content (AvgIpc) is 2.81. The van der Waals surface area contributed by atoms with Gasteiger partial charge in [-0.3, -0.25) is 4.57 Å². The lowest BCUT2D eigenvalue weighted by Crippen LogP contribution is -1.97. The van der Waals surface area contributed by atoms with Crippen LogP contribution in [0.5, 0.6) is 0 Å². The van der Waals surface area contributed by atoms with Crippen LogP contribution < -0.4 is 0 Å². The molecule has 0 bridgehead atoms. The Morgan fingerprint density at radius 3 is 3.00 bits per heavy atom. The Kier molecular flexibility index (Phi) is 4.63. The number of rotatable bonds is 5. The van der Waals surface area contributed by atoms with Crippen molar-refractivity contribution in [2.75, 3.05) is 12.5 Å². The molecule has 0 saturated heterocycles. The zero-order valence-corrected chi connectivity index (χ0v) is 11.8.